The maximum absolute atomic E-state index is 13.7. The van der Waals surface area contributed by atoms with Gasteiger partial charge in [0.15, 0.2) is 5.78 Å². The average molecular weight is 422 g/mol. The van der Waals surface area contributed by atoms with Gasteiger partial charge in [-0.1, -0.05) is 12.1 Å². The minimum absolute atomic E-state index is 0.0231. The van der Waals surface area contributed by atoms with Crippen molar-refractivity contribution >= 4 is 27.4 Å². The summed E-state index contributed by atoms with van der Waals surface area (Å²) in [6.07, 6.45) is 0.489. The first-order valence-electron chi connectivity index (χ1n) is 9.05. The summed E-state index contributed by atoms with van der Waals surface area (Å²) in [5.74, 6) is -2.65. The lowest BCUT2D eigenvalue weighted by molar-refractivity contribution is -0.120. The molecule has 0 bridgehead atoms. The van der Waals surface area contributed by atoms with Gasteiger partial charge in [0.25, 0.3) is 0 Å². The molecule has 2 aromatic carbocycles. The van der Waals surface area contributed by atoms with Crippen LogP contribution in [0.5, 0.6) is 0 Å². The SMILES string of the molecule is CC(=O)c1cccc(S(=O)(=O)N2CCC(C(=O)Nc3cc(F)ccc3F)CC2)c1. The summed E-state index contributed by atoms with van der Waals surface area (Å²) in [5.41, 5.74) is 0.0588. The first-order valence-corrected chi connectivity index (χ1v) is 10.5. The molecular formula is C20H20F2N2O4S. The number of halogens is 2. The molecule has 0 spiro atoms. The minimum atomic E-state index is -3.80. The Morgan fingerprint density at radius 1 is 1.07 bits per heavy atom. The van der Waals surface area contributed by atoms with Gasteiger partial charge in [-0.05, 0) is 44.0 Å². The Hall–Kier alpha value is -2.65. The van der Waals surface area contributed by atoms with E-state index in [0.29, 0.717) is 5.56 Å². The normalized spacial score (nSPS) is 15.8. The van der Waals surface area contributed by atoms with E-state index in [0.717, 1.165) is 18.2 Å². The number of rotatable bonds is 5. The van der Waals surface area contributed by atoms with Gasteiger partial charge in [0.1, 0.15) is 11.6 Å². The van der Waals surface area contributed by atoms with Crippen LogP contribution in [0, 0.1) is 17.6 Å². The van der Waals surface area contributed by atoms with Gasteiger partial charge in [0, 0.05) is 30.6 Å². The van der Waals surface area contributed by atoms with Crippen LogP contribution in [0.1, 0.15) is 30.1 Å². The van der Waals surface area contributed by atoms with Crippen LogP contribution in [0.25, 0.3) is 0 Å². The summed E-state index contributed by atoms with van der Waals surface area (Å²) in [6, 6.07) is 8.59. The molecule has 1 heterocycles. The lowest BCUT2D eigenvalue weighted by atomic mass is 9.97. The molecule has 0 saturated carbocycles. The Balaban J connectivity index is 1.66. The second kappa shape index (κ2) is 8.38. The zero-order valence-corrected chi connectivity index (χ0v) is 16.5. The van der Waals surface area contributed by atoms with E-state index in [4.69, 9.17) is 0 Å². The van der Waals surface area contributed by atoms with Gasteiger partial charge in [0.05, 0.1) is 10.6 Å². The van der Waals surface area contributed by atoms with E-state index in [2.05, 4.69) is 5.32 Å². The van der Waals surface area contributed by atoms with Gasteiger partial charge in [0.2, 0.25) is 15.9 Å². The third-order valence-electron chi connectivity index (χ3n) is 4.89. The molecule has 0 unspecified atom stereocenters. The number of anilines is 1. The van der Waals surface area contributed by atoms with Crippen LogP contribution >= 0.6 is 0 Å². The van der Waals surface area contributed by atoms with E-state index < -0.39 is 33.5 Å². The zero-order chi connectivity index (χ0) is 21.2. The number of amides is 1. The second-order valence-corrected chi connectivity index (χ2v) is 8.81. The minimum Gasteiger partial charge on any atom is -0.323 e. The highest BCUT2D eigenvalue weighted by Crippen LogP contribution is 2.26. The van der Waals surface area contributed by atoms with Crippen molar-refractivity contribution in [1.82, 2.24) is 4.31 Å². The van der Waals surface area contributed by atoms with Crippen LogP contribution in [0.15, 0.2) is 47.4 Å². The zero-order valence-electron chi connectivity index (χ0n) is 15.7. The summed E-state index contributed by atoms with van der Waals surface area (Å²) < 4.78 is 53.9. The summed E-state index contributed by atoms with van der Waals surface area (Å²) >= 11 is 0. The average Bonchev–Trinajstić information content (AvgIpc) is 2.71. The number of sulfonamides is 1. The van der Waals surface area contributed by atoms with Crippen LogP contribution in [-0.4, -0.2) is 37.5 Å². The molecule has 0 atom stereocenters. The van der Waals surface area contributed by atoms with Crippen molar-refractivity contribution in [2.45, 2.75) is 24.7 Å². The van der Waals surface area contributed by atoms with Crippen molar-refractivity contribution in [2.24, 2.45) is 5.92 Å². The van der Waals surface area contributed by atoms with Gasteiger partial charge in [-0.3, -0.25) is 9.59 Å². The standard InChI is InChI=1S/C20H20F2N2O4S/c1-13(25)15-3-2-4-17(11-15)29(27,28)24-9-7-14(8-10-24)20(26)23-19-12-16(21)5-6-18(19)22/h2-6,11-12,14H,7-10H2,1H3,(H,23,26). The Bertz CT molecular complexity index is 1050. The van der Waals surface area contributed by atoms with Crippen molar-refractivity contribution in [3.63, 3.8) is 0 Å². The third-order valence-corrected chi connectivity index (χ3v) is 6.78. The Labute approximate surface area is 167 Å². The smallest absolute Gasteiger partial charge is 0.243 e. The fourth-order valence-corrected chi connectivity index (χ4v) is 4.73. The topological polar surface area (TPSA) is 83.6 Å². The monoisotopic (exact) mass is 422 g/mol. The molecule has 2 aromatic rings. The molecule has 0 radical (unpaired) electrons. The first kappa shape index (κ1) is 21.1. The number of nitrogens with zero attached hydrogens (tertiary/aromatic N) is 1. The highest BCUT2D eigenvalue weighted by atomic mass is 32.2. The number of carbonyl (C=O) groups is 2. The summed E-state index contributed by atoms with van der Waals surface area (Å²) in [7, 11) is -3.80. The summed E-state index contributed by atoms with van der Waals surface area (Å²) in [6.45, 7) is 1.57. The number of piperidine rings is 1. The number of benzene rings is 2. The van der Waals surface area contributed by atoms with Crippen molar-refractivity contribution < 1.29 is 26.8 Å². The molecule has 9 heteroatoms. The molecule has 1 fully saturated rings. The third kappa shape index (κ3) is 4.68. The highest BCUT2D eigenvalue weighted by molar-refractivity contribution is 7.89. The predicted octanol–water partition coefficient (Wildman–Crippen LogP) is 3.21. The van der Waals surface area contributed by atoms with E-state index in [1.807, 2.05) is 0 Å². The van der Waals surface area contributed by atoms with Crippen LogP contribution in [0.2, 0.25) is 0 Å². The lowest BCUT2D eigenvalue weighted by Gasteiger charge is -2.30. The van der Waals surface area contributed by atoms with E-state index in [1.54, 1.807) is 6.07 Å². The Morgan fingerprint density at radius 3 is 2.41 bits per heavy atom. The van der Waals surface area contributed by atoms with Gasteiger partial charge >= 0.3 is 0 Å². The number of Topliss-reactive ketones (excluding diaryl/α,β-unsaturated/α-hetero) is 1. The summed E-state index contributed by atoms with van der Waals surface area (Å²) in [5, 5.41) is 2.37. The Kier molecular flexibility index (Phi) is 6.09. The van der Waals surface area contributed by atoms with E-state index >= 15 is 0 Å². The van der Waals surface area contributed by atoms with E-state index in [1.165, 1.54) is 29.4 Å². The van der Waals surface area contributed by atoms with Crippen LogP contribution < -0.4 is 5.32 Å². The highest BCUT2D eigenvalue weighted by Gasteiger charge is 2.32. The quantitative estimate of drug-likeness (QED) is 0.750. The van der Waals surface area contributed by atoms with Crippen LogP contribution in [0.3, 0.4) is 0 Å². The molecule has 29 heavy (non-hydrogen) atoms. The number of hydrogen-bond donors (Lipinski definition) is 1. The Morgan fingerprint density at radius 2 is 1.76 bits per heavy atom. The van der Waals surface area contributed by atoms with Gasteiger partial charge in [-0.15, -0.1) is 0 Å². The lowest BCUT2D eigenvalue weighted by Crippen LogP contribution is -2.41. The molecule has 1 amide bonds. The van der Waals surface area contributed by atoms with Gasteiger partial charge in [-0.25, -0.2) is 17.2 Å². The molecule has 0 aromatic heterocycles. The number of carbonyl (C=O) groups excluding carboxylic acids is 2. The van der Waals surface area contributed by atoms with Crippen molar-refractivity contribution in [3.8, 4) is 0 Å². The van der Waals surface area contributed by atoms with Crippen molar-refractivity contribution in [2.75, 3.05) is 18.4 Å². The van der Waals surface area contributed by atoms with Crippen LogP contribution in [-0.2, 0) is 14.8 Å². The van der Waals surface area contributed by atoms with Crippen molar-refractivity contribution in [3.05, 3.63) is 59.7 Å². The number of ketones is 1. The molecule has 6 nitrogen and oxygen atoms in total. The van der Waals surface area contributed by atoms with Crippen LogP contribution in [0.4, 0.5) is 14.5 Å². The van der Waals surface area contributed by atoms with E-state index in [-0.39, 0.29) is 42.3 Å². The maximum atomic E-state index is 13.7. The molecule has 1 aliphatic heterocycles. The molecule has 3 rings (SSSR count). The largest absolute Gasteiger partial charge is 0.323 e. The molecule has 1 N–H and O–H groups in total. The maximum Gasteiger partial charge on any atom is 0.243 e. The number of hydrogen-bond acceptors (Lipinski definition) is 4. The number of nitrogens with one attached hydrogen (secondary N) is 1. The van der Waals surface area contributed by atoms with Crippen molar-refractivity contribution in [1.29, 1.82) is 0 Å². The fraction of sp³-hybridized carbons (Fsp3) is 0.300. The molecule has 1 aliphatic rings. The second-order valence-electron chi connectivity index (χ2n) is 6.88. The predicted molar refractivity (Wildman–Crippen MR) is 103 cm³/mol. The van der Waals surface area contributed by atoms with E-state index in [9.17, 15) is 26.8 Å². The molecule has 154 valence electrons. The van der Waals surface area contributed by atoms with Gasteiger partial charge < -0.3 is 5.32 Å². The summed E-state index contributed by atoms with van der Waals surface area (Å²) in [4.78, 5) is 23.9. The fourth-order valence-electron chi connectivity index (χ4n) is 3.21. The first-order chi connectivity index (χ1) is 13.7. The van der Waals surface area contributed by atoms with Gasteiger partial charge in [-0.2, -0.15) is 4.31 Å². The molecule has 0 aliphatic carbocycles. The molecule has 1 saturated heterocycles. The molecular weight excluding hydrogens is 402 g/mol.